The molecule has 3 aromatic carbocycles. The Kier molecular flexibility index (Phi) is 6.60. The van der Waals surface area contributed by atoms with Gasteiger partial charge in [0.15, 0.2) is 0 Å². The Morgan fingerprint density at radius 2 is 1.30 bits per heavy atom. The van der Waals surface area contributed by atoms with Crippen molar-refractivity contribution in [2.75, 3.05) is 62.2 Å². The molecule has 0 radical (unpaired) electrons. The van der Waals surface area contributed by atoms with Crippen molar-refractivity contribution in [2.45, 2.75) is 56.9 Å². The van der Waals surface area contributed by atoms with E-state index in [9.17, 15) is 4.79 Å². The fourth-order valence-corrected chi connectivity index (χ4v) is 9.82. The molecule has 0 saturated carbocycles. The van der Waals surface area contributed by atoms with Crippen LogP contribution >= 0.6 is 0 Å². The van der Waals surface area contributed by atoms with E-state index in [4.69, 9.17) is 4.74 Å². The van der Waals surface area contributed by atoms with E-state index < -0.39 is 5.54 Å². The van der Waals surface area contributed by atoms with Crippen molar-refractivity contribution in [1.82, 2.24) is 9.80 Å². The second-order valence-electron chi connectivity index (χ2n) is 14.0. The Hall–Kier alpha value is -4.03. The summed E-state index contributed by atoms with van der Waals surface area (Å²) in [5, 5.41) is 0. The summed E-state index contributed by atoms with van der Waals surface area (Å²) >= 11 is 0. The summed E-state index contributed by atoms with van der Waals surface area (Å²) in [5.74, 6) is 2.16. The van der Waals surface area contributed by atoms with Crippen LogP contribution in [0, 0.1) is 0 Å². The van der Waals surface area contributed by atoms with Gasteiger partial charge in [-0.25, -0.2) is 0 Å². The molecule has 3 aromatic rings. The molecule has 0 atom stereocenters. The molecule has 6 aliphatic rings. The molecule has 1 spiro atoms. The molecule has 0 saturated heterocycles. The van der Waals surface area contributed by atoms with Gasteiger partial charge in [-0.2, -0.15) is 0 Å². The number of fused-ring (bicyclic) bond motifs is 8. The number of ether oxygens (including phenoxy) is 1. The van der Waals surface area contributed by atoms with Crippen LogP contribution in [0.2, 0.25) is 0 Å². The SMILES string of the molecule is C=CCN(CC=C)CCN1C(=O)c2ccccc2C12c1cc3c4c(c1Oc1c2cc2c5c1CCCN5CCC2)CCCN4CCC3. The first-order valence-electron chi connectivity index (χ1n) is 17.6. The molecule has 0 N–H and O–H groups in total. The number of benzene rings is 3. The molecule has 1 amide bonds. The normalized spacial score (nSPS) is 19.7. The summed E-state index contributed by atoms with van der Waals surface area (Å²) in [6, 6.07) is 13.3. The molecule has 6 aliphatic heterocycles. The molecule has 0 aliphatic carbocycles. The summed E-state index contributed by atoms with van der Waals surface area (Å²) in [7, 11) is 0. The fraction of sp³-hybridized carbons (Fsp3) is 0.425. The van der Waals surface area contributed by atoms with Crippen LogP contribution in [-0.4, -0.2) is 68.1 Å². The van der Waals surface area contributed by atoms with Gasteiger partial charge in [0.25, 0.3) is 5.91 Å². The van der Waals surface area contributed by atoms with Gasteiger partial charge in [0.05, 0.1) is 0 Å². The van der Waals surface area contributed by atoms with Gasteiger partial charge in [0, 0.05) is 91.6 Å². The van der Waals surface area contributed by atoms with E-state index >= 15 is 0 Å². The van der Waals surface area contributed by atoms with Gasteiger partial charge < -0.3 is 19.4 Å². The van der Waals surface area contributed by atoms with Crippen LogP contribution in [0.15, 0.2) is 61.7 Å². The van der Waals surface area contributed by atoms with Gasteiger partial charge in [0.1, 0.15) is 17.0 Å². The molecular weight excluding hydrogens is 568 g/mol. The van der Waals surface area contributed by atoms with E-state index in [1.807, 2.05) is 24.3 Å². The smallest absolute Gasteiger partial charge is 0.255 e. The average Bonchev–Trinajstić information content (AvgIpc) is 3.33. The van der Waals surface area contributed by atoms with Gasteiger partial charge in [0.2, 0.25) is 0 Å². The van der Waals surface area contributed by atoms with E-state index in [-0.39, 0.29) is 5.91 Å². The minimum absolute atomic E-state index is 0.118. The summed E-state index contributed by atoms with van der Waals surface area (Å²) in [5.41, 5.74) is 11.9. The van der Waals surface area contributed by atoms with Gasteiger partial charge >= 0.3 is 0 Å². The zero-order valence-electron chi connectivity index (χ0n) is 27.0. The minimum atomic E-state index is -0.749. The van der Waals surface area contributed by atoms with Crippen molar-refractivity contribution in [2.24, 2.45) is 0 Å². The molecule has 0 unspecified atom stereocenters. The number of nitrogens with zero attached hydrogens (tertiary/aromatic N) is 4. The van der Waals surface area contributed by atoms with Crippen molar-refractivity contribution >= 4 is 17.3 Å². The highest BCUT2D eigenvalue weighted by molar-refractivity contribution is 6.03. The Bertz CT molecular complexity index is 1700. The molecule has 6 heteroatoms. The second-order valence-corrected chi connectivity index (χ2v) is 14.0. The van der Waals surface area contributed by atoms with Crippen LogP contribution in [0.5, 0.6) is 11.5 Å². The molecule has 0 bridgehead atoms. The zero-order valence-corrected chi connectivity index (χ0v) is 27.0. The topological polar surface area (TPSA) is 39.3 Å². The Labute approximate surface area is 272 Å². The number of carbonyl (C=O) groups is 1. The molecule has 6 nitrogen and oxygen atoms in total. The first-order chi connectivity index (χ1) is 22.6. The maximum Gasteiger partial charge on any atom is 0.255 e. The lowest BCUT2D eigenvalue weighted by molar-refractivity contribution is 0.0641. The standard InChI is InChI=1S/C40H44N4O2/c1-3-17-41(18-4-2)23-24-44-39(45)29-13-5-6-16-32(29)40(44)33-25-27-11-7-19-42-21-9-14-30(35(27)42)37(33)46-38-31-15-10-22-43-20-8-12-28(36(31)43)26-34(38)40/h3-6,13,16,25-26H,1-2,7-12,14-15,17-24H2. The monoisotopic (exact) mass is 612 g/mol. The van der Waals surface area contributed by atoms with Gasteiger partial charge in [-0.05, 0) is 86.3 Å². The average molecular weight is 613 g/mol. The highest BCUT2D eigenvalue weighted by Crippen LogP contribution is 2.62. The maximum absolute atomic E-state index is 14.8. The quantitative estimate of drug-likeness (QED) is 0.281. The van der Waals surface area contributed by atoms with Crippen LogP contribution in [0.4, 0.5) is 11.4 Å². The summed E-state index contributed by atoms with van der Waals surface area (Å²) in [6.45, 7) is 15.3. The number of aryl methyl sites for hydroxylation is 2. The Balaban J connectivity index is 1.35. The van der Waals surface area contributed by atoms with Crippen LogP contribution in [0.25, 0.3) is 0 Å². The number of amides is 1. The fourth-order valence-electron chi connectivity index (χ4n) is 9.82. The summed E-state index contributed by atoms with van der Waals surface area (Å²) < 4.78 is 7.38. The number of rotatable bonds is 7. The van der Waals surface area contributed by atoms with E-state index in [0.717, 1.165) is 107 Å². The molecule has 6 heterocycles. The molecular formula is C40H44N4O2. The van der Waals surface area contributed by atoms with Crippen molar-refractivity contribution in [1.29, 1.82) is 0 Å². The largest absolute Gasteiger partial charge is 0.456 e. The number of hydrogen-bond acceptors (Lipinski definition) is 5. The molecule has 236 valence electrons. The highest BCUT2D eigenvalue weighted by Gasteiger charge is 2.58. The Morgan fingerprint density at radius 3 is 1.87 bits per heavy atom. The molecule has 9 rings (SSSR count). The van der Waals surface area contributed by atoms with Gasteiger partial charge in [-0.1, -0.05) is 30.4 Å². The van der Waals surface area contributed by atoms with Crippen LogP contribution in [-0.2, 0) is 31.2 Å². The van der Waals surface area contributed by atoms with E-state index in [1.54, 1.807) is 0 Å². The third-order valence-corrected chi connectivity index (χ3v) is 11.5. The number of carbonyl (C=O) groups excluding carboxylic acids is 1. The van der Waals surface area contributed by atoms with E-state index in [1.165, 1.54) is 57.6 Å². The van der Waals surface area contributed by atoms with Gasteiger partial charge in [-0.15, -0.1) is 13.2 Å². The third-order valence-electron chi connectivity index (χ3n) is 11.5. The lowest BCUT2D eigenvalue weighted by Gasteiger charge is -2.49. The van der Waals surface area contributed by atoms with Crippen LogP contribution in [0.1, 0.15) is 75.0 Å². The summed E-state index contributed by atoms with van der Waals surface area (Å²) in [4.78, 5) is 24.6. The number of hydrogen-bond donors (Lipinski definition) is 0. The third kappa shape index (κ3) is 3.83. The van der Waals surface area contributed by atoms with Crippen LogP contribution < -0.4 is 14.5 Å². The summed E-state index contributed by atoms with van der Waals surface area (Å²) in [6.07, 6.45) is 12.7. The molecule has 0 aromatic heterocycles. The van der Waals surface area contributed by atoms with Crippen molar-refractivity contribution < 1.29 is 9.53 Å². The van der Waals surface area contributed by atoms with Crippen molar-refractivity contribution in [3.05, 3.63) is 106 Å². The Morgan fingerprint density at radius 1 is 0.761 bits per heavy atom. The molecule has 0 fully saturated rings. The lowest BCUT2D eigenvalue weighted by Crippen LogP contribution is -2.51. The number of anilines is 2. The predicted molar refractivity (Wildman–Crippen MR) is 185 cm³/mol. The maximum atomic E-state index is 14.8. The molecule has 46 heavy (non-hydrogen) atoms. The first kappa shape index (κ1) is 28.2. The first-order valence-corrected chi connectivity index (χ1v) is 17.6. The van der Waals surface area contributed by atoms with Crippen molar-refractivity contribution in [3.63, 3.8) is 0 Å². The van der Waals surface area contributed by atoms with Crippen molar-refractivity contribution in [3.8, 4) is 11.5 Å². The second kappa shape index (κ2) is 10.8. The lowest BCUT2D eigenvalue weighted by atomic mass is 9.70. The van der Waals surface area contributed by atoms with E-state index in [2.05, 4.69) is 57.0 Å². The van der Waals surface area contributed by atoms with E-state index in [0.29, 0.717) is 6.54 Å². The van der Waals surface area contributed by atoms with Gasteiger partial charge in [-0.3, -0.25) is 9.69 Å². The highest BCUT2D eigenvalue weighted by atomic mass is 16.5. The predicted octanol–water partition coefficient (Wildman–Crippen LogP) is 6.61. The van der Waals surface area contributed by atoms with Crippen LogP contribution in [0.3, 0.4) is 0 Å². The zero-order chi connectivity index (χ0) is 31.0. The minimum Gasteiger partial charge on any atom is -0.456 e.